The molecule has 0 atom stereocenters. The number of halogens is 1. The Balaban J connectivity index is 2.29. The molecule has 0 spiro atoms. The molecule has 0 saturated carbocycles. The molecule has 0 amide bonds. The van der Waals surface area contributed by atoms with Crippen molar-refractivity contribution < 1.29 is 4.39 Å². The molecule has 2 nitrogen and oxygen atoms in total. The largest absolute Gasteiger partial charge is 0.342 e. The summed E-state index contributed by atoms with van der Waals surface area (Å²) in [5.41, 5.74) is 1.65. The average molecular weight is 222 g/mol. The van der Waals surface area contributed by atoms with Crippen LogP contribution in [0.5, 0.6) is 0 Å². The predicted molar refractivity (Wildman–Crippen MR) is 61.5 cm³/mol. The van der Waals surface area contributed by atoms with E-state index < -0.39 is 0 Å². The average Bonchev–Trinajstić information content (AvgIpc) is 2.67. The third-order valence-corrected chi connectivity index (χ3v) is 2.34. The highest BCUT2D eigenvalue weighted by atomic mass is 32.1. The molecule has 0 aliphatic carbocycles. The number of aromatic amines is 1. The number of aryl methyl sites for hydroxylation is 1. The SMILES string of the molecule is Fc1cccc(-c2cnc(CCS)[nH]2)c1. The van der Waals surface area contributed by atoms with Crippen LogP contribution >= 0.6 is 12.6 Å². The van der Waals surface area contributed by atoms with Crippen LogP contribution in [0.15, 0.2) is 30.5 Å². The number of H-pyrrole nitrogens is 1. The van der Waals surface area contributed by atoms with Crippen LogP contribution in [0.4, 0.5) is 4.39 Å². The number of hydrogen-bond acceptors (Lipinski definition) is 2. The van der Waals surface area contributed by atoms with Crippen molar-refractivity contribution in [2.75, 3.05) is 5.75 Å². The molecule has 0 fully saturated rings. The summed E-state index contributed by atoms with van der Waals surface area (Å²) in [5.74, 6) is 1.39. The van der Waals surface area contributed by atoms with Gasteiger partial charge in [0.15, 0.2) is 0 Å². The summed E-state index contributed by atoms with van der Waals surface area (Å²) < 4.78 is 13.0. The summed E-state index contributed by atoms with van der Waals surface area (Å²) in [6.07, 6.45) is 2.51. The van der Waals surface area contributed by atoms with E-state index in [2.05, 4.69) is 22.6 Å². The van der Waals surface area contributed by atoms with Crippen LogP contribution in [0.2, 0.25) is 0 Å². The van der Waals surface area contributed by atoms with Gasteiger partial charge in [0.25, 0.3) is 0 Å². The molecular weight excluding hydrogens is 211 g/mol. The van der Waals surface area contributed by atoms with Crippen LogP contribution in [0.3, 0.4) is 0 Å². The van der Waals surface area contributed by atoms with Crippen molar-refractivity contribution in [2.24, 2.45) is 0 Å². The van der Waals surface area contributed by atoms with Gasteiger partial charge < -0.3 is 4.98 Å². The zero-order valence-electron chi connectivity index (χ0n) is 8.07. The van der Waals surface area contributed by atoms with Gasteiger partial charge in [-0.15, -0.1) is 0 Å². The summed E-state index contributed by atoms with van der Waals surface area (Å²) in [5, 5.41) is 0. The zero-order valence-corrected chi connectivity index (χ0v) is 8.97. The summed E-state index contributed by atoms with van der Waals surface area (Å²) in [6.45, 7) is 0. The van der Waals surface area contributed by atoms with Gasteiger partial charge in [0.05, 0.1) is 11.9 Å². The number of nitrogens with one attached hydrogen (secondary N) is 1. The lowest BCUT2D eigenvalue weighted by molar-refractivity contribution is 0.628. The Bertz CT molecular complexity index is 453. The molecule has 0 radical (unpaired) electrons. The fraction of sp³-hybridized carbons (Fsp3) is 0.182. The molecular formula is C11H11FN2S. The molecule has 0 aliphatic heterocycles. The third kappa shape index (κ3) is 2.39. The second-order valence-corrected chi connectivity index (χ2v) is 3.67. The molecule has 1 N–H and O–H groups in total. The first-order valence-corrected chi connectivity index (χ1v) is 5.33. The van der Waals surface area contributed by atoms with Crippen molar-refractivity contribution in [3.05, 3.63) is 42.1 Å². The molecule has 2 rings (SSSR count). The number of thiol groups is 1. The number of hydrogen-bond donors (Lipinski definition) is 2. The van der Waals surface area contributed by atoms with Gasteiger partial charge in [-0.1, -0.05) is 12.1 Å². The van der Waals surface area contributed by atoms with Gasteiger partial charge in [-0.05, 0) is 17.9 Å². The Morgan fingerprint density at radius 3 is 3.00 bits per heavy atom. The van der Waals surface area contributed by atoms with Crippen molar-refractivity contribution >= 4 is 12.6 Å². The van der Waals surface area contributed by atoms with E-state index in [9.17, 15) is 4.39 Å². The Labute approximate surface area is 93.0 Å². The summed E-state index contributed by atoms with van der Waals surface area (Å²) in [7, 11) is 0. The molecule has 2 aromatic rings. The van der Waals surface area contributed by atoms with Crippen molar-refractivity contribution in [3.63, 3.8) is 0 Å². The molecule has 1 heterocycles. The predicted octanol–water partition coefficient (Wildman–Crippen LogP) is 2.69. The zero-order chi connectivity index (χ0) is 10.7. The molecule has 0 unspecified atom stereocenters. The van der Waals surface area contributed by atoms with Crippen LogP contribution < -0.4 is 0 Å². The van der Waals surface area contributed by atoms with E-state index in [1.165, 1.54) is 12.1 Å². The second-order valence-electron chi connectivity index (χ2n) is 3.23. The highest BCUT2D eigenvalue weighted by molar-refractivity contribution is 7.80. The highest BCUT2D eigenvalue weighted by Gasteiger charge is 2.03. The van der Waals surface area contributed by atoms with E-state index in [1.807, 2.05) is 6.07 Å². The van der Waals surface area contributed by atoms with Gasteiger partial charge in [0, 0.05) is 12.0 Å². The number of rotatable bonds is 3. The van der Waals surface area contributed by atoms with Gasteiger partial charge in [-0.2, -0.15) is 12.6 Å². The van der Waals surface area contributed by atoms with Gasteiger partial charge in [-0.3, -0.25) is 0 Å². The minimum Gasteiger partial charge on any atom is -0.342 e. The van der Waals surface area contributed by atoms with E-state index >= 15 is 0 Å². The summed E-state index contributed by atoms with van der Waals surface area (Å²) in [6, 6.07) is 6.44. The number of benzene rings is 1. The lowest BCUT2D eigenvalue weighted by Gasteiger charge is -1.96. The van der Waals surface area contributed by atoms with Crippen molar-refractivity contribution in [3.8, 4) is 11.3 Å². The van der Waals surface area contributed by atoms with E-state index in [0.29, 0.717) is 0 Å². The lowest BCUT2D eigenvalue weighted by atomic mass is 10.2. The standard InChI is InChI=1S/C11H11FN2S/c12-9-3-1-2-8(6-9)10-7-13-11(14-10)4-5-15/h1-3,6-7,15H,4-5H2,(H,13,14). The fourth-order valence-electron chi connectivity index (χ4n) is 1.40. The minimum atomic E-state index is -0.238. The second kappa shape index (κ2) is 4.49. The van der Waals surface area contributed by atoms with E-state index in [0.717, 1.165) is 29.3 Å². The van der Waals surface area contributed by atoms with Gasteiger partial charge in [-0.25, -0.2) is 9.37 Å². The molecule has 78 valence electrons. The highest BCUT2D eigenvalue weighted by Crippen LogP contribution is 2.17. The maximum Gasteiger partial charge on any atom is 0.123 e. The normalized spacial score (nSPS) is 10.5. The lowest BCUT2D eigenvalue weighted by Crippen LogP contribution is -1.88. The smallest absolute Gasteiger partial charge is 0.123 e. The number of aromatic nitrogens is 2. The molecule has 1 aromatic carbocycles. The summed E-state index contributed by atoms with van der Waals surface area (Å²) >= 11 is 4.12. The molecule has 1 aromatic heterocycles. The van der Waals surface area contributed by atoms with Crippen LogP contribution in [-0.4, -0.2) is 15.7 Å². The Morgan fingerprint density at radius 2 is 2.27 bits per heavy atom. The van der Waals surface area contributed by atoms with Gasteiger partial charge in [0.2, 0.25) is 0 Å². The molecule has 15 heavy (non-hydrogen) atoms. The third-order valence-electron chi connectivity index (χ3n) is 2.11. The quantitative estimate of drug-likeness (QED) is 0.768. The first-order valence-electron chi connectivity index (χ1n) is 4.70. The maximum absolute atomic E-state index is 13.0. The molecule has 0 bridgehead atoms. The Morgan fingerprint density at radius 1 is 1.40 bits per heavy atom. The van der Waals surface area contributed by atoms with Crippen molar-refractivity contribution in [1.29, 1.82) is 0 Å². The van der Waals surface area contributed by atoms with Crippen molar-refractivity contribution in [1.82, 2.24) is 9.97 Å². The number of nitrogens with zero attached hydrogens (tertiary/aromatic N) is 1. The fourth-order valence-corrected chi connectivity index (χ4v) is 1.61. The van der Waals surface area contributed by atoms with Crippen molar-refractivity contribution in [2.45, 2.75) is 6.42 Å². The maximum atomic E-state index is 13.0. The minimum absolute atomic E-state index is 0.238. The first kappa shape index (κ1) is 10.2. The van der Waals surface area contributed by atoms with E-state index in [1.54, 1.807) is 12.3 Å². The first-order chi connectivity index (χ1) is 7.29. The van der Waals surface area contributed by atoms with Gasteiger partial charge >= 0.3 is 0 Å². The number of imidazole rings is 1. The van der Waals surface area contributed by atoms with Crippen LogP contribution in [-0.2, 0) is 6.42 Å². The molecule has 0 saturated heterocycles. The topological polar surface area (TPSA) is 28.7 Å². The Hall–Kier alpha value is -1.29. The van der Waals surface area contributed by atoms with Gasteiger partial charge in [0.1, 0.15) is 11.6 Å². The monoisotopic (exact) mass is 222 g/mol. The van der Waals surface area contributed by atoms with E-state index in [4.69, 9.17) is 0 Å². The van der Waals surface area contributed by atoms with Crippen LogP contribution in [0, 0.1) is 5.82 Å². The molecule has 0 aliphatic rings. The van der Waals surface area contributed by atoms with Crippen LogP contribution in [0.1, 0.15) is 5.82 Å². The van der Waals surface area contributed by atoms with Crippen LogP contribution in [0.25, 0.3) is 11.3 Å². The summed E-state index contributed by atoms with van der Waals surface area (Å²) in [4.78, 5) is 7.32. The molecule has 4 heteroatoms. The van der Waals surface area contributed by atoms with E-state index in [-0.39, 0.29) is 5.82 Å². The Kier molecular flexibility index (Phi) is 3.06.